The summed E-state index contributed by atoms with van der Waals surface area (Å²) in [6, 6.07) is 11.7. The number of carbonyl (C=O) groups excluding carboxylic acids is 1. The maximum absolute atomic E-state index is 12.6. The van der Waals surface area contributed by atoms with Gasteiger partial charge in [-0.05, 0) is 74.9 Å². The smallest absolute Gasteiger partial charge is 0.234 e. The van der Waals surface area contributed by atoms with E-state index in [1.165, 1.54) is 35.7 Å². The number of hydrogen-bond acceptors (Lipinski definition) is 6. The summed E-state index contributed by atoms with van der Waals surface area (Å²) < 4.78 is 13.4. The molecule has 1 saturated carbocycles. The number of ether oxygens (including phenoxy) is 2. The summed E-state index contributed by atoms with van der Waals surface area (Å²) in [4.78, 5) is 12.6. The van der Waals surface area contributed by atoms with Crippen LogP contribution in [0.3, 0.4) is 0 Å². The molecule has 32 heavy (non-hydrogen) atoms. The number of amides is 1. The lowest BCUT2D eigenvalue weighted by Crippen LogP contribution is -2.15. The number of aryl methyl sites for hydroxylation is 2. The number of nitrogens with one attached hydrogen (secondary N) is 1. The Balaban J connectivity index is 1.39. The summed E-state index contributed by atoms with van der Waals surface area (Å²) in [5.41, 5.74) is 4.08. The summed E-state index contributed by atoms with van der Waals surface area (Å²) in [5, 5.41) is 11.8. The van der Waals surface area contributed by atoms with E-state index in [-0.39, 0.29) is 17.8 Å². The first kappa shape index (κ1) is 22.2. The van der Waals surface area contributed by atoms with Gasteiger partial charge in [-0.25, -0.2) is 0 Å². The van der Waals surface area contributed by atoms with Gasteiger partial charge >= 0.3 is 0 Å². The highest BCUT2D eigenvalue weighted by Gasteiger charge is 2.19. The van der Waals surface area contributed by atoms with Gasteiger partial charge in [0, 0.05) is 17.4 Å². The fourth-order valence-corrected chi connectivity index (χ4v) is 4.46. The molecule has 3 aromatic rings. The summed E-state index contributed by atoms with van der Waals surface area (Å²) in [7, 11) is 1.62. The Hall–Kier alpha value is -3.00. The SMILES string of the molecule is COc1ccc(NC(=O)CSc2nncn2-c2ccc(C)c(C)c2)cc1OC1CCCC1. The molecule has 0 bridgehead atoms. The fourth-order valence-electron chi connectivity index (χ4n) is 3.73. The molecule has 0 atom stereocenters. The Kier molecular flexibility index (Phi) is 6.99. The number of rotatable bonds is 8. The van der Waals surface area contributed by atoms with Crippen LogP contribution in [0.2, 0.25) is 0 Å². The summed E-state index contributed by atoms with van der Waals surface area (Å²) >= 11 is 1.35. The quantitative estimate of drug-likeness (QED) is 0.488. The van der Waals surface area contributed by atoms with E-state index in [2.05, 4.69) is 41.5 Å². The van der Waals surface area contributed by atoms with E-state index in [1.54, 1.807) is 13.4 Å². The van der Waals surface area contributed by atoms with E-state index in [0.29, 0.717) is 22.3 Å². The van der Waals surface area contributed by atoms with Gasteiger partial charge in [0.25, 0.3) is 0 Å². The van der Waals surface area contributed by atoms with Gasteiger partial charge in [0.15, 0.2) is 16.7 Å². The summed E-state index contributed by atoms with van der Waals surface area (Å²) in [5.74, 6) is 1.43. The third-order valence-corrected chi connectivity index (χ3v) is 6.60. The molecule has 0 spiro atoms. The van der Waals surface area contributed by atoms with Gasteiger partial charge in [-0.1, -0.05) is 17.8 Å². The van der Waals surface area contributed by atoms with E-state index in [0.717, 1.165) is 18.5 Å². The molecule has 1 amide bonds. The van der Waals surface area contributed by atoms with Gasteiger partial charge in [0.1, 0.15) is 6.33 Å². The van der Waals surface area contributed by atoms with E-state index in [4.69, 9.17) is 9.47 Å². The van der Waals surface area contributed by atoms with Gasteiger partial charge < -0.3 is 14.8 Å². The predicted molar refractivity (Wildman–Crippen MR) is 126 cm³/mol. The third kappa shape index (κ3) is 5.24. The van der Waals surface area contributed by atoms with Gasteiger partial charge in [-0.3, -0.25) is 9.36 Å². The van der Waals surface area contributed by atoms with Crippen molar-refractivity contribution in [2.75, 3.05) is 18.2 Å². The Bertz CT molecular complexity index is 1090. The van der Waals surface area contributed by atoms with Crippen molar-refractivity contribution in [3.8, 4) is 17.2 Å². The molecule has 0 saturated heterocycles. The molecule has 1 fully saturated rings. The molecule has 0 radical (unpaired) electrons. The van der Waals surface area contributed by atoms with E-state index in [1.807, 2.05) is 28.8 Å². The lowest BCUT2D eigenvalue weighted by molar-refractivity contribution is -0.113. The first-order chi connectivity index (χ1) is 15.5. The maximum atomic E-state index is 12.6. The summed E-state index contributed by atoms with van der Waals surface area (Å²) in [6.45, 7) is 4.15. The van der Waals surface area contributed by atoms with Crippen LogP contribution in [0.15, 0.2) is 47.9 Å². The fraction of sp³-hybridized carbons (Fsp3) is 0.375. The van der Waals surface area contributed by atoms with Gasteiger partial charge in [0.05, 0.1) is 19.0 Å². The van der Waals surface area contributed by atoms with E-state index >= 15 is 0 Å². The molecular formula is C24H28N4O3S. The Labute approximate surface area is 192 Å². The first-order valence-corrected chi connectivity index (χ1v) is 11.8. The lowest BCUT2D eigenvalue weighted by atomic mass is 10.1. The molecule has 4 rings (SSSR count). The van der Waals surface area contributed by atoms with Crippen LogP contribution in [0.5, 0.6) is 11.5 Å². The van der Waals surface area contributed by atoms with Crippen molar-refractivity contribution in [3.63, 3.8) is 0 Å². The Morgan fingerprint density at radius 2 is 1.94 bits per heavy atom. The Morgan fingerprint density at radius 3 is 2.69 bits per heavy atom. The molecule has 8 heteroatoms. The van der Waals surface area contributed by atoms with Crippen molar-refractivity contribution in [1.29, 1.82) is 0 Å². The summed E-state index contributed by atoms with van der Waals surface area (Å²) in [6.07, 6.45) is 6.36. The van der Waals surface area contributed by atoms with Crippen LogP contribution in [0, 0.1) is 13.8 Å². The van der Waals surface area contributed by atoms with Crippen LogP contribution >= 0.6 is 11.8 Å². The number of methoxy groups -OCH3 is 1. The third-order valence-electron chi connectivity index (χ3n) is 5.66. The highest BCUT2D eigenvalue weighted by Crippen LogP contribution is 2.34. The highest BCUT2D eigenvalue weighted by atomic mass is 32.2. The van der Waals surface area contributed by atoms with Crippen molar-refractivity contribution in [2.24, 2.45) is 0 Å². The average Bonchev–Trinajstić information content (AvgIpc) is 3.46. The monoisotopic (exact) mass is 452 g/mol. The van der Waals surface area contributed by atoms with Gasteiger partial charge in [0.2, 0.25) is 5.91 Å². The first-order valence-electron chi connectivity index (χ1n) is 10.8. The van der Waals surface area contributed by atoms with Crippen molar-refractivity contribution in [2.45, 2.75) is 50.8 Å². The zero-order chi connectivity index (χ0) is 22.5. The second-order valence-corrected chi connectivity index (χ2v) is 8.92. The lowest BCUT2D eigenvalue weighted by Gasteiger charge is -2.17. The molecule has 7 nitrogen and oxygen atoms in total. The largest absolute Gasteiger partial charge is 0.493 e. The minimum atomic E-state index is -0.124. The zero-order valence-electron chi connectivity index (χ0n) is 18.6. The number of anilines is 1. The molecule has 1 heterocycles. The van der Waals surface area contributed by atoms with E-state index < -0.39 is 0 Å². The molecule has 1 aliphatic carbocycles. The minimum Gasteiger partial charge on any atom is -0.493 e. The number of carbonyl (C=O) groups is 1. The molecule has 0 aliphatic heterocycles. The van der Waals surface area contributed by atoms with Crippen molar-refractivity contribution in [1.82, 2.24) is 14.8 Å². The molecule has 1 aliphatic rings. The van der Waals surface area contributed by atoms with Crippen LogP contribution in [0.25, 0.3) is 5.69 Å². The number of benzene rings is 2. The second kappa shape index (κ2) is 10.1. The van der Waals surface area contributed by atoms with Crippen LogP contribution in [0.1, 0.15) is 36.8 Å². The van der Waals surface area contributed by atoms with Crippen LogP contribution in [0.4, 0.5) is 5.69 Å². The molecule has 2 aromatic carbocycles. The highest BCUT2D eigenvalue weighted by molar-refractivity contribution is 7.99. The van der Waals surface area contributed by atoms with Gasteiger partial charge in [-0.2, -0.15) is 0 Å². The zero-order valence-corrected chi connectivity index (χ0v) is 19.4. The Morgan fingerprint density at radius 1 is 1.12 bits per heavy atom. The minimum absolute atomic E-state index is 0.124. The standard InChI is InChI=1S/C24H28N4O3S/c1-16-8-10-19(12-17(16)2)28-15-25-27-24(28)32-14-23(29)26-18-9-11-21(30-3)22(13-18)31-20-6-4-5-7-20/h8-13,15,20H,4-7,14H2,1-3H3,(H,26,29). The molecule has 168 valence electrons. The number of hydrogen-bond donors (Lipinski definition) is 1. The predicted octanol–water partition coefficient (Wildman–Crippen LogP) is 4.94. The van der Waals surface area contributed by atoms with Crippen molar-refractivity contribution in [3.05, 3.63) is 53.9 Å². The number of aromatic nitrogens is 3. The molecule has 0 unspecified atom stereocenters. The number of thioether (sulfide) groups is 1. The molecule has 1 N–H and O–H groups in total. The molecule has 1 aromatic heterocycles. The maximum Gasteiger partial charge on any atom is 0.234 e. The average molecular weight is 453 g/mol. The van der Waals surface area contributed by atoms with Crippen LogP contribution < -0.4 is 14.8 Å². The normalized spacial score (nSPS) is 13.8. The van der Waals surface area contributed by atoms with Gasteiger partial charge in [-0.15, -0.1) is 10.2 Å². The second-order valence-electron chi connectivity index (χ2n) is 7.98. The molecular weight excluding hydrogens is 424 g/mol. The van der Waals surface area contributed by atoms with Crippen molar-refractivity contribution < 1.29 is 14.3 Å². The number of nitrogens with zero attached hydrogens (tertiary/aromatic N) is 3. The van der Waals surface area contributed by atoms with Crippen LogP contribution in [-0.2, 0) is 4.79 Å². The van der Waals surface area contributed by atoms with E-state index in [9.17, 15) is 4.79 Å². The topological polar surface area (TPSA) is 78.3 Å². The van der Waals surface area contributed by atoms with Crippen LogP contribution in [-0.4, -0.2) is 39.6 Å². The van der Waals surface area contributed by atoms with Crippen molar-refractivity contribution >= 4 is 23.4 Å².